The lowest BCUT2D eigenvalue weighted by molar-refractivity contribution is -0.160. The van der Waals surface area contributed by atoms with Crippen LogP contribution in [0.5, 0.6) is 0 Å². The van der Waals surface area contributed by atoms with Gasteiger partial charge in [-0.1, -0.05) is 6.92 Å². The Labute approximate surface area is 116 Å². The molecule has 0 saturated carbocycles. The van der Waals surface area contributed by atoms with E-state index in [0.29, 0.717) is 0 Å². The molecule has 1 rings (SSSR count). The van der Waals surface area contributed by atoms with Gasteiger partial charge in [0.1, 0.15) is 18.4 Å². The van der Waals surface area contributed by atoms with E-state index in [1.165, 1.54) is 0 Å². The zero-order valence-corrected chi connectivity index (χ0v) is 12.3. The van der Waals surface area contributed by atoms with Crippen LogP contribution in [0.4, 0.5) is 4.39 Å². The van der Waals surface area contributed by atoms with Crippen molar-refractivity contribution >= 4 is 8.38 Å². The highest BCUT2D eigenvalue weighted by Gasteiger charge is 2.43. The minimum absolute atomic E-state index is 0.258. The van der Waals surface area contributed by atoms with Gasteiger partial charge in [0.2, 0.25) is 1.43 Å². The minimum Gasteiger partial charge on any atom is -0.391 e. The highest BCUT2D eigenvalue weighted by Crippen LogP contribution is 2.40. The average Bonchev–Trinajstić information content (AvgIpc) is 2.43. The molecule has 0 radical (unpaired) electrons. The van der Waals surface area contributed by atoms with Gasteiger partial charge in [0.15, 0.2) is 8.38 Å². The molecule has 1 fully saturated rings. The van der Waals surface area contributed by atoms with E-state index in [1.54, 1.807) is 20.5 Å². The second-order valence-corrected chi connectivity index (χ2v) is 6.02. The number of hydrogen-bond acceptors (Lipinski definition) is 5. The first-order valence-electron chi connectivity index (χ1n) is 6.70. The number of rotatable bonds is 7. The number of hydrogen-bond donors (Lipinski definition) is 1. The predicted molar refractivity (Wildman–Crippen MR) is 69.4 cm³/mol. The Bertz CT molecular complexity index is 333. The highest BCUT2D eigenvalue weighted by atomic mass is 31.2. The zero-order valence-electron chi connectivity index (χ0n) is 12.4. The van der Waals surface area contributed by atoms with Crippen molar-refractivity contribution in [1.82, 2.24) is 0 Å². The van der Waals surface area contributed by atoms with E-state index in [1.807, 2.05) is 6.07 Å². The molecule has 7 heteroatoms. The van der Waals surface area contributed by atoms with Crippen LogP contribution >= 0.6 is 8.38 Å². The molecule has 19 heavy (non-hydrogen) atoms. The third-order valence-corrected chi connectivity index (χ3v) is 4.04. The van der Waals surface area contributed by atoms with Crippen LogP contribution in [0.2, 0.25) is 0 Å². The number of aliphatic hydroxyl groups is 1. The summed E-state index contributed by atoms with van der Waals surface area (Å²) in [7, 11) is -1.30. The molecular formula is C12H21FNO4P. The zero-order chi connectivity index (χ0) is 15.1. The highest BCUT2D eigenvalue weighted by molar-refractivity contribution is 7.46. The topological polar surface area (TPSA) is 71.7 Å². The van der Waals surface area contributed by atoms with Crippen molar-refractivity contribution in [2.24, 2.45) is 5.92 Å². The smallest absolute Gasteiger partial charge is 0.211 e. The molecule has 1 unspecified atom stereocenters. The Morgan fingerprint density at radius 3 is 3.11 bits per heavy atom. The van der Waals surface area contributed by atoms with Gasteiger partial charge in [0.25, 0.3) is 0 Å². The fraction of sp³-hybridized carbons (Fsp3) is 0.917. The Hall–Kier alpha value is -0.310. The van der Waals surface area contributed by atoms with Crippen LogP contribution in [-0.4, -0.2) is 50.9 Å². The second kappa shape index (κ2) is 8.08. The van der Waals surface area contributed by atoms with Gasteiger partial charge in [-0.25, -0.2) is 4.39 Å². The van der Waals surface area contributed by atoms with Gasteiger partial charge in [-0.3, -0.25) is 0 Å². The molecule has 1 saturated heterocycles. The third kappa shape index (κ3) is 4.94. The van der Waals surface area contributed by atoms with Crippen molar-refractivity contribution < 1.29 is 23.3 Å². The molecule has 1 heterocycles. The molecule has 0 spiro atoms. The third-order valence-electron chi connectivity index (χ3n) is 2.95. The maximum atomic E-state index is 14.3. The number of nitrogens with zero attached hydrogens (tertiary/aromatic N) is 1. The van der Waals surface area contributed by atoms with Crippen molar-refractivity contribution in [2.75, 3.05) is 19.9 Å². The van der Waals surface area contributed by atoms with Crippen LogP contribution in [0.3, 0.4) is 0 Å². The molecule has 1 aliphatic rings. The summed E-state index contributed by atoms with van der Waals surface area (Å²) >= 11 is 0. The van der Waals surface area contributed by atoms with Crippen molar-refractivity contribution in [3.05, 3.63) is 0 Å². The minimum atomic E-state index is -1.30. The molecule has 1 N–H and O–H groups in total. The summed E-state index contributed by atoms with van der Waals surface area (Å²) in [5.74, 6) is -0.281. The SMILES string of the molecule is [2H]O[C@@H](C)[C@H]1OC[C@@H](C)[C@H](F)[C@@H]1OP(C)OCCC#N. The fourth-order valence-corrected chi connectivity index (χ4v) is 2.89. The van der Waals surface area contributed by atoms with Gasteiger partial charge in [-0.2, -0.15) is 5.26 Å². The van der Waals surface area contributed by atoms with E-state index in [0.717, 1.165) is 0 Å². The van der Waals surface area contributed by atoms with Crippen LogP contribution in [-0.2, 0) is 13.8 Å². The van der Waals surface area contributed by atoms with Gasteiger partial charge < -0.3 is 18.9 Å². The molecule has 6 atom stereocenters. The maximum absolute atomic E-state index is 14.3. The standard InChI is InChI=1S/C12H21FNO4P/c1-8-7-16-11(9(2)15)12(10(8)13)18-19(3)17-6-4-5-14/h8-12,15H,4,6-7H2,1-3H3/t8-,9+,10+,11-,12+,19?/m1/s1/i15D. The first-order chi connectivity index (χ1) is 9.51. The van der Waals surface area contributed by atoms with Crippen molar-refractivity contribution in [2.45, 2.75) is 44.8 Å². The predicted octanol–water partition coefficient (Wildman–Crippen LogP) is 2.00. The van der Waals surface area contributed by atoms with E-state index in [-0.39, 0.29) is 25.6 Å². The molecule has 0 aromatic heterocycles. The number of aliphatic hydroxyl groups excluding tert-OH is 1. The first kappa shape index (κ1) is 15.1. The summed E-state index contributed by atoms with van der Waals surface area (Å²) < 4.78 is 37.8. The van der Waals surface area contributed by atoms with E-state index in [4.69, 9.17) is 20.5 Å². The molecule has 5 nitrogen and oxygen atoms in total. The van der Waals surface area contributed by atoms with E-state index in [2.05, 4.69) is 5.11 Å². The maximum Gasteiger partial charge on any atom is 0.211 e. The van der Waals surface area contributed by atoms with Crippen LogP contribution in [0.25, 0.3) is 0 Å². The molecule has 0 aromatic rings. The summed E-state index contributed by atoms with van der Waals surface area (Å²) in [6, 6.07) is 1.96. The summed E-state index contributed by atoms with van der Waals surface area (Å²) in [5.41, 5.74) is 0. The first-order valence-corrected chi connectivity index (χ1v) is 7.91. The summed E-state index contributed by atoms with van der Waals surface area (Å²) in [5, 5.41) is 12.9. The summed E-state index contributed by atoms with van der Waals surface area (Å²) in [6.45, 7) is 5.63. The molecule has 0 aromatic carbocycles. The van der Waals surface area contributed by atoms with Gasteiger partial charge in [0.05, 0.1) is 31.8 Å². The van der Waals surface area contributed by atoms with Crippen LogP contribution in [0.15, 0.2) is 0 Å². The Morgan fingerprint density at radius 2 is 2.47 bits per heavy atom. The molecule has 0 aliphatic carbocycles. The van der Waals surface area contributed by atoms with Gasteiger partial charge in [-0.05, 0) is 6.92 Å². The van der Waals surface area contributed by atoms with Crippen molar-refractivity contribution in [1.29, 1.82) is 6.69 Å². The van der Waals surface area contributed by atoms with Crippen LogP contribution < -0.4 is 0 Å². The van der Waals surface area contributed by atoms with E-state index in [9.17, 15) is 4.39 Å². The Balaban J connectivity index is 2.61. The van der Waals surface area contributed by atoms with Gasteiger partial charge in [0, 0.05) is 12.6 Å². The second-order valence-electron chi connectivity index (χ2n) is 4.68. The molecule has 0 bridgehead atoms. The van der Waals surface area contributed by atoms with E-state index < -0.39 is 32.9 Å². The quantitative estimate of drug-likeness (QED) is 0.574. The van der Waals surface area contributed by atoms with Crippen molar-refractivity contribution in [3.63, 3.8) is 0 Å². The number of ether oxygens (including phenoxy) is 1. The Morgan fingerprint density at radius 1 is 1.74 bits per heavy atom. The number of nitriles is 1. The summed E-state index contributed by atoms with van der Waals surface area (Å²) in [4.78, 5) is 0. The molecule has 110 valence electrons. The summed E-state index contributed by atoms with van der Waals surface area (Å²) in [6.07, 6.45) is -2.98. The molecule has 0 amide bonds. The normalized spacial score (nSPS) is 35.2. The lowest BCUT2D eigenvalue weighted by atomic mass is 9.93. The lowest BCUT2D eigenvalue weighted by Gasteiger charge is -2.39. The number of halogens is 1. The average molecular weight is 294 g/mol. The van der Waals surface area contributed by atoms with Gasteiger partial charge >= 0.3 is 0 Å². The monoisotopic (exact) mass is 294 g/mol. The molecular weight excluding hydrogens is 272 g/mol. The number of alkyl halides is 1. The largest absolute Gasteiger partial charge is 0.391 e. The lowest BCUT2D eigenvalue weighted by Crippen LogP contribution is -2.52. The Kier molecular flexibility index (Phi) is 6.42. The van der Waals surface area contributed by atoms with Gasteiger partial charge in [-0.15, -0.1) is 0 Å². The fourth-order valence-electron chi connectivity index (χ4n) is 1.90. The van der Waals surface area contributed by atoms with Crippen molar-refractivity contribution in [3.8, 4) is 6.07 Å². The van der Waals surface area contributed by atoms with Crippen LogP contribution in [0.1, 0.15) is 20.3 Å². The van der Waals surface area contributed by atoms with Crippen LogP contribution in [0, 0.1) is 17.2 Å². The van der Waals surface area contributed by atoms with E-state index >= 15 is 0 Å². The molecule has 1 aliphatic heterocycles.